The molecular weight excluding hydrogens is 386 g/mol. The Hall–Kier alpha value is -3.75. The number of pyridine rings is 1. The Kier molecular flexibility index (Phi) is 5.69. The molecule has 3 aromatic rings. The molecule has 0 spiro atoms. The number of carbonyl (C=O) groups excluding carboxylic acids is 2. The fourth-order valence-corrected chi connectivity index (χ4v) is 3.37. The maximum atomic E-state index is 12.4. The lowest BCUT2D eigenvalue weighted by Gasteiger charge is -2.19. The number of methoxy groups -OCH3 is 1. The van der Waals surface area contributed by atoms with E-state index in [1.54, 1.807) is 36.4 Å². The highest BCUT2D eigenvalue weighted by atomic mass is 16.5. The predicted molar refractivity (Wildman–Crippen MR) is 108 cm³/mol. The van der Waals surface area contributed by atoms with E-state index in [1.807, 2.05) is 24.3 Å². The second-order valence-electron chi connectivity index (χ2n) is 6.87. The molecule has 1 aromatic carbocycles. The molecule has 0 aliphatic carbocycles. The van der Waals surface area contributed by atoms with E-state index in [1.165, 1.54) is 0 Å². The van der Waals surface area contributed by atoms with E-state index < -0.39 is 0 Å². The second kappa shape index (κ2) is 8.73. The number of aryl methyl sites for hydroxylation is 1. The average molecular weight is 407 g/mol. The molecule has 1 N–H and O–H groups in total. The lowest BCUT2D eigenvalue weighted by molar-refractivity contribution is -0.121. The Morgan fingerprint density at radius 3 is 2.90 bits per heavy atom. The summed E-state index contributed by atoms with van der Waals surface area (Å²) < 4.78 is 10.5. The fraction of sp³-hybridized carbons (Fsp3) is 0.286. The van der Waals surface area contributed by atoms with Crippen molar-refractivity contribution in [2.45, 2.75) is 25.3 Å². The number of para-hydroxylation sites is 2. The Labute approximate surface area is 173 Å². The third-order valence-electron chi connectivity index (χ3n) is 4.79. The Bertz CT molecular complexity index is 1040. The monoisotopic (exact) mass is 407 g/mol. The van der Waals surface area contributed by atoms with Crippen LogP contribution in [0, 0.1) is 0 Å². The maximum Gasteiger partial charge on any atom is 0.229 e. The summed E-state index contributed by atoms with van der Waals surface area (Å²) in [5.41, 5.74) is 1.31. The quantitative estimate of drug-likeness (QED) is 0.638. The summed E-state index contributed by atoms with van der Waals surface area (Å²) in [6.07, 6.45) is 2.38. The van der Waals surface area contributed by atoms with Crippen LogP contribution in [0.25, 0.3) is 11.5 Å². The van der Waals surface area contributed by atoms with Gasteiger partial charge in [0.05, 0.1) is 18.8 Å². The number of hydrogen-bond acceptors (Lipinski definition) is 7. The van der Waals surface area contributed by atoms with Gasteiger partial charge in [0.2, 0.25) is 23.5 Å². The summed E-state index contributed by atoms with van der Waals surface area (Å²) in [5, 5.41) is 6.80. The number of anilines is 1. The van der Waals surface area contributed by atoms with Gasteiger partial charge in [-0.25, -0.2) is 0 Å². The zero-order chi connectivity index (χ0) is 20.9. The van der Waals surface area contributed by atoms with Crippen molar-refractivity contribution < 1.29 is 18.8 Å². The van der Waals surface area contributed by atoms with Crippen LogP contribution in [0.5, 0.6) is 5.75 Å². The topological polar surface area (TPSA) is 110 Å². The number of benzene rings is 1. The highest BCUT2D eigenvalue weighted by molar-refractivity contribution is 5.98. The second-order valence-corrected chi connectivity index (χ2v) is 6.87. The standard InChI is InChI=1S/C21H21N5O4/c1-29-17-8-3-2-7-16(17)26-13-14(12-20(26)28)23-18(27)9-10-19-24-21(25-30-19)15-6-4-5-11-22-15/h2-8,11,14H,9-10,12-13H2,1H3,(H,23,27)/t14-/m1/s1. The summed E-state index contributed by atoms with van der Waals surface area (Å²) in [6, 6.07) is 12.5. The van der Waals surface area contributed by atoms with Gasteiger partial charge in [0.25, 0.3) is 0 Å². The van der Waals surface area contributed by atoms with Crippen LogP contribution in [0.1, 0.15) is 18.7 Å². The molecule has 4 rings (SSSR count). The molecule has 9 nitrogen and oxygen atoms in total. The zero-order valence-electron chi connectivity index (χ0n) is 16.4. The van der Waals surface area contributed by atoms with Gasteiger partial charge in [0.15, 0.2) is 0 Å². The van der Waals surface area contributed by atoms with Crippen LogP contribution >= 0.6 is 0 Å². The molecule has 1 aliphatic heterocycles. The van der Waals surface area contributed by atoms with Crippen LogP contribution in [0.15, 0.2) is 53.2 Å². The van der Waals surface area contributed by atoms with Crippen molar-refractivity contribution in [3.05, 3.63) is 54.6 Å². The molecule has 1 fully saturated rings. The third kappa shape index (κ3) is 4.29. The first-order valence-corrected chi connectivity index (χ1v) is 9.61. The molecule has 3 heterocycles. The largest absolute Gasteiger partial charge is 0.495 e. The van der Waals surface area contributed by atoms with Crippen LogP contribution in [0.3, 0.4) is 0 Å². The number of aromatic nitrogens is 3. The van der Waals surface area contributed by atoms with Gasteiger partial charge in [-0.15, -0.1) is 0 Å². The maximum absolute atomic E-state index is 12.4. The number of nitrogens with zero attached hydrogens (tertiary/aromatic N) is 4. The molecule has 30 heavy (non-hydrogen) atoms. The molecule has 1 aliphatic rings. The Balaban J connectivity index is 1.31. The molecule has 154 valence electrons. The number of ether oxygens (including phenoxy) is 1. The van der Waals surface area contributed by atoms with Crippen molar-refractivity contribution >= 4 is 17.5 Å². The van der Waals surface area contributed by atoms with Gasteiger partial charge < -0.3 is 19.5 Å². The minimum absolute atomic E-state index is 0.0540. The lowest BCUT2D eigenvalue weighted by atomic mass is 10.2. The Morgan fingerprint density at radius 2 is 2.10 bits per heavy atom. The molecule has 1 atom stereocenters. The summed E-state index contributed by atoms with van der Waals surface area (Å²) in [7, 11) is 1.56. The molecule has 1 saturated heterocycles. The van der Waals surface area contributed by atoms with Crippen molar-refractivity contribution in [3.8, 4) is 17.3 Å². The van der Waals surface area contributed by atoms with Gasteiger partial charge >= 0.3 is 0 Å². The van der Waals surface area contributed by atoms with Gasteiger partial charge in [-0.1, -0.05) is 23.4 Å². The molecule has 0 bridgehead atoms. The minimum Gasteiger partial charge on any atom is -0.495 e. The van der Waals surface area contributed by atoms with Crippen LogP contribution in [0.2, 0.25) is 0 Å². The van der Waals surface area contributed by atoms with Crippen molar-refractivity contribution in [1.82, 2.24) is 20.4 Å². The van der Waals surface area contributed by atoms with E-state index in [2.05, 4.69) is 20.4 Å². The zero-order valence-corrected chi connectivity index (χ0v) is 16.4. The van der Waals surface area contributed by atoms with Crippen molar-refractivity contribution in [2.75, 3.05) is 18.6 Å². The average Bonchev–Trinajstić information content (AvgIpc) is 3.39. The molecule has 0 saturated carbocycles. The van der Waals surface area contributed by atoms with Gasteiger partial charge in [-0.3, -0.25) is 14.6 Å². The van der Waals surface area contributed by atoms with E-state index >= 15 is 0 Å². The van der Waals surface area contributed by atoms with Crippen molar-refractivity contribution in [2.24, 2.45) is 0 Å². The first kappa shape index (κ1) is 19.6. The van der Waals surface area contributed by atoms with Gasteiger partial charge in [-0.05, 0) is 24.3 Å². The van der Waals surface area contributed by atoms with Gasteiger partial charge in [0.1, 0.15) is 11.4 Å². The Morgan fingerprint density at radius 1 is 1.27 bits per heavy atom. The molecule has 2 amide bonds. The summed E-state index contributed by atoms with van der Waals surface area (Å²) in [5.74, 6) is 1.15. The summed E-state index contributed by atoms with van der Waals surface area (Å²) >= 11 is 0. The number of rotatable bonds is 7. The molecular formula is C21H21N5O4. The number of carbonyl (C=O) groups is 2. The van der Waals surface area contributed by atoms with Crippen LogP contribution in [-0.2, 0) is 16.0 Å². The number of nitrogens with one attached hydrogen (secondary N) is 1. The highest BCUT2D eigenvalue weighted by Gasteiger charge is 2.32. The van der Waals surface area contributed by atoms with E-state index in [0.717, 1.165) is 0 Å². The first-order valence-electron chi connectivity index (χ1n) is 9.61. The summed E-state index contributed by atoms with van der Waals surface area (Å²) in [4.78, 5) is 34.9. The fourth-order valence-electron chi connectivity index (χ4n) is 3.37. The van der Waals surface area contributed by atoms with Crippen LogP contribution < -0.4 is 15.0 Å². The van der Waals surface area contributed by atoms with Gasteiger partial charge in [-0.2, -0.15) is 4.98 Å². The molecule has 2 aromatic heterocycles. The smallest absolute Gasteiger partial charge is 0.229 e. The van der Waals surface area contributed by atoms with E-state index in [4.69, 9.17) is 9.26 Å². The molecule has 0 radical (unpaired) electrons. The molecule has 0 unspecified atom stereocenters. The van der Waals surface area contributed by atoms with Crippen LogP contribution in [-0.4, -0.2) is 46.6 Å². The minimum atomic E-state index is -0.262. The number of hydrogen-bond donors (Lipinski definition) is 1. The first-order chi connectivity index (χ1) is 14.6. The van der Waals surface area contributed by atoms with Gasteiger partial charge in [0, 0.05) is 32.0 Å². The third-order valence-corrected chi connectivity index (χ3v) is 4.79. The van der Waals surface area contributed by atoms with Crippen LogP contribution in [0.4, 0.5) is 5.69 Å². The predicted octanol–water partition coefficient (Wildman–Crippen LogP) is 1.99. The van der Waals surface area contributed by atoms with Crippen molar-refractivity contribution in [1.29, 1.82) is 0 Å². The SMILES string of the molecule is COc1ccccc1N1C[C@H](NC(=O)CCc2nc(-c3ccccn3)no2)CC1=O. The lowest BCUT2D eigenvalue weighted by Crippen LogP contribution is -2.37. The normalized spacial score (nSPS) is 16.0. The molecule has 9 heteroatoms. The summed E-state index contributed by atoms with van der Waals surface area (Å²) in [6.45, 7) is 0.398. The van der Waals surface area contributed by atoms with Crippen molar-refractivity contribution in [3.63, 3.8) is 0 Å². The van der Waals surface area contributed by atoms with E-state index in [0.29, 0.717) is 41.8 Å². The highest BCUT2D eigenvalue weighted by Crippen LogP contribution is 2.31. The van der Waals surface area contributed by atoms with E-state index in [-0.39, 0.29) is 30.7 Å². The van der Waals surface area contributed by atoms with E-state index in [9.17, 15) is 9.59 Å². The number of amides is 2.